The number of ether oxygens (including phenoxy) is 2. The molecular weight excluding hydrogens is 368 g/mol. The molecule has 0 heterocycles. The first kappa shape index (κ1) is 22.3. The van der Waals surface area contributed by atoms with Gasteiger partial charge in [0.25, 0.3) is 0 Å². The Labute approximate surface area is 172 Å². The van der Waals surface area contributed by atoms with Crippen LogP contribution in [0.15, 0.2) is 54.6 Å². The first-order valence-electron chi connectivity index (χ1n) is 9.90. The lowest BCUT2D eigenvalue weighted by molar-refractivity contribution is -0.141. The summed E-state index contributed by atoms with van der Waals surface area (Å²) < 4.78 is 10.8. The fourth-order valence-corrected chi connectivity index (χ4v) is 3.10. The summed E-state index contributed by atoms with van der Waals surface area (Å²) in [6.45, 7) is 2.75. The molecule has 0 fully saturated rings. The summed E-state index contributed by atoms with van der Waals surface area (Å²) in [5, 5.41) is 2.67. The Balaban J connectivity index is 1.95. The van der Waals surface area contributed by atoms with Gasteiger partial charge in [0.15, 0.2) is 0 Å². The minimum Gasteiger partial charge on any atom is -0.497 e. The molecule has 0 spiro atoms. The van der Waals surface area contributed by atoms with E-state index in [4.69, 9.17) is 9.47 Å². The second kappa shape index (κ2) is 11.7. The molecule has 0 radical (unpaired) electrons. The monoisotopic (exact) mass is 398 g/mol. The highest BCUT2D eigenvalue weighted by molar-refractivity contribution is 5.87. The summed E-state index contributed by atoms with van der Waals surface area (Å²) in [5.41, 5.74) is 0.998. The number of carbonyl (C=O) groups is 2. The van der Waals surface area contributed by atoms with Gasteiger partial charge < -0.3 is 19.7 Å². The van der Waals surface area contributed by atoms with Crippen molar-refractivity contribution in [3.63, 3.8) is 0 Å². The van der Waals surface area contributed by atoms with Crippen LogP contribution >= 0.6 is 0 Å². The molecule has 2 aromatic carbocycles. The van der Waals surface area contributed by atoms with Crippen LogP contribution in [0.1, 0.15) is 31.7 Å². The molecule has 0 saturated carbocycles. The Morgan fingerprint density at radius 1 is 1.03 bits per heavy atom. The zero-order valence-electron chi connectivity index (χ0n) is 17.4. The number of likely N-dealkylation sites (N-methyl/N-ethyl adjacent to an activating group) is 1. The number of hydrogen-bond donors (Lipinski definition) is 1. The number of benzene rings is 2. The summed E-state index contributed by atoms with van der Waals surface area (Å²) in [6.07, 6.45) is 1.44. The molecule has 2 aromatic rings. The third-order valence-corrected chi connectivity index (χ3v) is 4.69. The van der Waals surface area contributed by atoms with Crippen LogP contribution in [0, 0.1) is 0 Å². The van der Waals surface area contributed by atoms with E-state index in [2.05, 4.69) is 5.32 Å². The predicted molar refractivity (Wildman–Crippen MR) is 113 cm³/mol. The third kappa shape index (κ3) is 6.82. The molecule has 156 valence electrons. The van der Waals surface area contributed by atoms with Crippen molar-refractivity contribution in [1.29, 1.82) is 0 Å². The molecule has 0 saturated heterocycles. The minimum atomic E-state index is -0.491. The maximum atomic E-state index is 12.9. The molecule has 0 aliphatic carbocycles. The van der Waals surface area contributed by atoms with Crippen molar-refractivity contribution in [2.24, 2.45) is 0 Å². The van der Waals surface area contributed by atoms with Crippen molar-refractivity contribution in [3.8, 4) is 11.5 Å². The molecule has 2 amide bonds. The molecule has 29 heavy (non-hydrogen) atoms. The van der Waals surface area contributed by atoms with Crippen molar-refractivity contribution >= 4 is 11.8 Å². The molecule has 0 unspecified atom stereocenters. The quantitative estimate of drug-likeness (QED) is 0.589. The van der Waals surface area contributed by atoms with E-state index >= 15 is 0 Å². The number of rotatable bonds is 11. The van der Waals surface area contributed by atoms with E-state index in [-0.39, 0.29) is 11.8 Å². The molecular formula is C23H30N2O4. The van der Waals surface area contributed by atoms with Gasteiger partial charge in [-0.3, -0.25) is 9.59 Å². The van der Waals surface area contributed by atoms with Gasteiger partial charge in [0.05, 0.1) is 13.7 Å². The fraction of sp³-hybridized carbons (Fsp3) is 0.391. The number of carbonyl (C=O) groups excluding carboxylic acids is 2. The van der Waals surface area contributed by atoms with E-state index in [1.54, 1.807) is 19.1 Å². The number of methoxy groups -OCH3 is 1. The number of nitrogens with one attached hydrogen (secondary N) is 1. The van der Waals surface area contributed by atoms with Crippen LogP contribution in [0.4, 0.5) is 0 Å². The van der Waals surface area contributed by atoms with Crippen molar-refractivity contribution in [1.82, 2.24) is 10.2 Å². The summed E-state index contributed by atoms with van der Waals surface area (Å²) in [6, 6.07) is 16.6. The standard InChI is InChI=1S/C23H30N2O4/c1-4-21(23(27)24-2)25(17-18-9-6-5-7-10-18)22(26)11-8-16-29-20-14-12-19(28-3)13-15-20/h5-7,9-10,12-15,21H,4,8,11,16-17H2,1-3H3,(H,24,27)/t21-/m0/s1. The molecule has 0 aliphatic heterocycles. The Kier molecular flexibility index (Phi) is 9.02. The second-order valence-electron chi connectivity index (χ2n) is 6.67. The van der Waals surface area contributed by atoms with E-state index in [0.717, 1.165) is 17.1 Å². The molecule has 6 nitrogen and oxygen atoms in total. The van der Waals surface area contributed by atoms with Gasteiger partial charge in [0.1, 0.15) is 17.5 Å². The van der Waals surface area contributed by atoms with Crippen LogP contribution in [0.5, 0.6) is 11.5 Å². The second-order valence-corrected chi connectivity index (χ2v) is 6.67. The average Bonchev–Trinajstić information content (AvgIpc) is 2.77. The zero-order chi connectivity index (χ0) is 21.1. The number of amides is 2. The number of nitrogens with zero attached hydrogens (tertiary/aromatic N) is 1. The average molecular weight is 399 g/mol. The van der Waals surface area contributed by atoms with E-state index < -0.39 is 6.04 Å². The molecule has 2 rings (SSSR count). The largest absolute Gasteiger partial charge is 0.497 e. The van der Waals surface area contributed by atoms with E-state index in [0.29, 0.717) is 32.4 Å². The topological polar surface area (TPSA) is 67.9 Å². The highest BCUT2D eigenvalue weighted by atomic mass is 16.5. The molecule has 0 aliphatic rings. The van der Waals surface area contributed by atoms with Gasteiger partial charge >= 0.3 is 0 Å². The van der Waals surface area contributed by atoms with Crippen LogP contribution in [0.25, 0.3) is 0 Å². The summed E-state index contributed by atoms with van der Waals surface area (Å²) in [5.74, 6) is 1.30. The van der Waals surface area contributed by atoms with Crippen molar-refractivity contribution in [3.05, 3.63) is 60.2 Å². The van der Waals surface area contributed by atoms with Crippen LogP contribution < -0.4 is 14.8 Å². The van der Waals surface area contributed by atoms with Gasteiger partial charge in [-0.25, -0.2) is 0 Å². The Bertz CT molecular complexity index is 762. The maximum absolute atomic E-state index is 12.9. The van der Waals surface area contributed by atoms with Gasteiger partial charge in [0, 0.05) is 20.0 Å². The van der Waals surface area contributed by atoms with Crippen molar-refractivity contribution < 1.29 is 19.1 Å². The predicted octanol–water partition coefficient (Wildman–Crippen LogP) is 3.41. The van der Waals surface area contributed by atoms with Crippen LogP contribution in [0.3, 0.4) is 0 Å². The van der Waals surface area contributed by atoms with Gasteiger partial charge in [-0.15, -0.1) is 0 Å². The summed E-state index contributed by atoms with van der Waals surface area (Å²) in [7, 11) is 3.21. The molecule has 6 heteroatoms. The van der Waals surface area contributed by atoms with Crippen LogP contribution in [0.2, 0.25) is 0 Å². The normalized spacial score (nSPS) is 11.4. The van der Waals surface area contributed by atoms with Crippen LogP contribution in [-0.4, -0.2) is 43.5 Å². The zero-order valence-corrected chi connectivity index (χ0v) is 17.4. The highest BCUT2D eigenvalue weighted by Gasteiger charge is 2.27. The van der Waals surface area contributed by atoms with E-state index in [9.17, 15) is 9.59 Å². The van der Waals surface area contributed by atoms with E-state index in [1.807, 2.05) is 61.5 Å². The lowest BCUT2D eigenvalue weighted by Gasteiger charge is -2.30. The van der Waals surface area contributed by atoms with E-state index in [1.165, 1.54) is 0 Å². The minimum absolute atomic E-state index is 0.0531. The third-order valence-electron chi connectivity index (χ3n) is 4.69. The van der Waals surface area contributed by atoms with Crippen LogP contribution in [-0.2, 0) is 16.1 Å². The Morgan fingerprint density at radius 2 is 1.69 bits per heavy atom. The summed E-state index contributed by atoms with van der Waals surface area (Å²) >= 11 is 0. The molecule has 1 atom stereocenters. The molecule has 0 aromatic heterocycles. The first-order chi connectivity index (χ1) is 14.1. The molecule has 1 N–H and O–H groups in total. The first-order valence-corrected chi connectivity index (χ1v) is 9.90. The summed E-state index contributed by atoms with van der Waals surface area (Å²) in [4.78, 5) is 26.9. The van der Waals surface area contributed by atoms with Gasteiger partial charge in [-0.05, 0) is 42.7 Å². The molecule has 0 bridgehead atoms. The lowest BCUT2D eigenvalue weighted by atomic mass is 10.1. The van der Waals surface area contributed by atoms with Crippen molar-refractivity contribution in [2.75, 3.05) is 20.8 Å². The highest BCUT2D eigenvalue weighted by Crippen LogP contribution is 2.18. The van der Waals surface area contributed by atoms with Gasteiger partial charge in [-0.2, -0.15) is 0 Å². The Morgan fingerprint density at radius 3 is 2.28 bits per heavy atom. The van der Waals surface area contributed by atoms with Gasteiger partial charge in [0.2, 0.25) is 11.8 Å². The number of hydrogen-bond acceptors (Lipinski definition) is 4. The maximum Gasteiger partial charge on any atom is 0.242 e. The lowest BCUT2D eigenvalue weighted by Crippen LogP contribution is -2.48. The fourth-order valence-electron chi connectivity index (χ4n) is 3.10. The SMILES string of the molecule is CC[C@@H](C(=O)NC)N(Cc1ccccc1)C(=O)CCCOc1ccc(OC)cc1. The smallest absolute Gasteiger partial charge is 0.242 e. The Hall–Kier alpha value is -3.02. The van der Waals surface area contributed by atoms with Gasteiger partial charge in [-0.1, -0.05) is 37.3 Å². The van der Waals surface area contributed by atoms with Crippen molar-refractivity contribution in [2.45, 2.75) is 38.8 Å².